The molecule has 3 rings (SSSR count). The molecule has 0 aliphatic rings. The Bertz CT molecular complexity index is 798. The number of benzene rings is 1. The van der Waals surface area contributed by atoms with Crippen molar-refractivity contribution in [3.63, 3.8) is 0 Å². The molecule has 0 aliphatic carbocycles. The predicted molar refractivity (Wildman–Crippen MR) is 71.3 cm³/mol. The molecule has 0 radical (unpaired) electrons. The summed E-state index contributed by atoms with van der Waals surface area (Å²) < 4.78 is 30.7. The van der Waals surface area contributed by atoms with Crippen molar-refractivity contribution >= 4 is 21.5 Å². The number of hydrogen-bond donors (Lipinski definition) is 0. The van der Waals surface area contributed by atoms with Gasteiger partial charge in [-0.25, -0.2) is 4.68 Å². The summed E-state index contributed by atoms with van der Waals surface area (Å²) >= 11 is 1.10. The van der Waals surface area contributed by atoms with Crippen molar-refractivity contribution in [2.45, 2.75) is 4.21 Å². The molecule has 7 nitrogen and oxygen atoms in total. The number of tetrazole rings is 1. The van der Waals surface area contributed by atoms with Gasteiger partial charge in [-0.2, -0.15) is 8.42 Å². The van der Waals surface area contributed by atoms with Crippen molar-refractivity contribution in [1.29, 1.82) is 0 Å². The van der Waals surface area contributed by atoms with Crippen LogP contribution in [0.15, 0.2) is 52.3 Å². The van der Waals surface area contributed by atoms with Crippen molar-refractivity contribution in [2.75, 3.05) is 0 Å². The molecule has 0 saturated heterocycles. The van der Waals surface area contributed by atoms with Crippen LogP contribution in [0.2, 0.25) is 0 Å². The topological polar surface area (TPSA) is 87.0 Å². The van der Waals surface area contributed by atoms with Crippen LogP contribution >= 0.6 is 11.3 Å². The van der Waals surface area contributed by atoms with Gasteiger partial charge in [-0.05, 0) is 34.0 Å². The van der Waals surface area contributed by atoms with Gasteiger partial charge in [0, 0.05) is 6.07 Å². The molecule has 0 N–H and O–H groups in total. The first-order valence-electron chi connectivity index (χ1n) is 5.46. The number of thiophene rings is 1. The van der Waals surface area contributed by atoms with Gasteiger partial charge in [0.15, 0.2) is 4.21 Å². The minimum Gasteiger partial charge on any atom is -0.378 e. The molecule has 0 atom stereocenters. The standard InChI is InChI=1S/C11H8N4O3S2/c16-20(17,11-5-2-6-19-11)18-10-4-1-3-9(7-10)15-8-12-13-14-15/h1-8H. The van der Waals surface area contributed by atoms with Crippen LogP contribution in [-0.4, -0.2) is 28.6 Å². The molecular weight excluding hydrogens is 300 g/mol. The Kier molecular flexibility index (Phi) is 3.20. The molecular formula is C11H8N4O3S2. The number of hydrogen-bond acceptors (Lipinski definition) is 7. The van der Waals surface area contributed by atoms with Gasteiger partial charge in [-0.15, -0.1) is 16.4 Å². The van der Waals surface area contributed by atoms with Crippen molar-refractivity contribution in [1.82, 2.24) is 20.2 Å². The third-order valence-electron chi connectivity index (χ3n) is 2.38. The van der Waals surface area contributed by atoms with Crippen LogP contribution < -0.4 is 4.18 Å². The molecule has 0 amide bonds. The highest BCUT2D eigenvalue weighted by Crippen LogP contribution is 2.23. The Hall–Kier alpha value is -2.26. The van der Waals surface area contributed by atoms with E-state index in [0.29, 0.717) is 5.69 Å². The third-order valence-corrected chi connectivity index (χ3v) is 4.98. The second-order valence-electron chi connectivity index (χ2n) is 3.72. The van der Waals surface area contributed by atoms with Gasteiger partial charge >= 0.3 is 10.1 Å². The van der Waals surface area contributed by atoms with Gasteiger partial charge < -0.3 is 4.18 Å². The SMILES string of the molecule is O=S(=O)(Oc1cccc(-n2cnnn2)c1)c1cccs1. The largest absolute Gasteiger partial charge is 0.378 e. The third kappa shape index (κ3) is 2.53. The molecule has 0 aliphatic heterocycles. The van der Waals surface area contributed by atoms with Crippen molar-refractivity contribution in [3.8, 4) is 11.4 Å². The monoisotopic (exact) mass is 308 g/mol. The Morgan fingerprint density at radius 3 is 2.80 bits per heavy atom. The van der Waals surface area contributed by atoms with Gasteiger partial charge in [0.25, 0.3) is 0 Å². The maximum absolute atomic E-state index is 12.0. The summed E-state index contributed by atoms with van der Waals surface area (Å²) in [6.07, 6.45) is 1.41. The fraction of sp³-hybridized carbons (Fsp3) is 0. The zero-order valence-corrected chi connectivity index (χ0v) is 11.6. The van der Waals surface area contributed by atoms with Crippen LogP contribution in [0.25, 0.3) is 5.69 Å². The fourth-order valence-corrected chi connectivity index (χ4v) is 3.40. The minimum atomic E-state index is -3.80. The zero-order valence-electron chi connectivity index (χ0n) is 9.95. The molecule has 0 unspecified atom stereocenters. The van der Waals surface area contributed by atoms with Crippen molar-refractivity contribution < 1.29 is 12.6 Å². The minimum absolute atomic E-state index is 0.158. The number of nitrogens with zero attached hydrogens (tertiary/aromatic N) is 4. The van der Waals surface area contributed by atoms with E-state index in [9.17, 15) is 8.42 Å². The van der Waals surface area contributed by atoms with E-state index in [1.165, 1.54) is 17.1 Å². The quantitative estimate of drug-likeness (QED) is 0.679. The molecule has 0 fully saturated rings. The Morgan fingerprint density at radius 1 is 1.20 bits per heavy atom. The summed E-state index contributed by atoms with van der Waals surface area (Å²) in [5.74, 6) is 0.200. The van der Waals surface area contributed by atoms with Crippen LogP contribution in [0.5, 0.6) is 5.75 Å². The molecule has 1 aromatic carbocycles. The van der Waals surface area contributed by atoms with Crippen molar-refractivity contribution in [2.24, 2.45) is 0 Å². The van der Waals surface area contributed by atoms with Gasteiger partial charge in [-0.1, -0.05) is 12.1 Å². The van der Waals surface area contributed by atoms with E-state index < -0.39 is 10.1 Å². The fourth-order valence-electron chi connectivity index (χ4n) is 1.53. The highest BCUT2D eigenvalue weighted by molar-refractivity contribution is 7.89. The normalized spacial score (nSPS) is 11.4. The Balaban J connectivity index is 1.91. The summed E-state index contributed by atoms with van der Waals surface area (Å²) in [6.45, 7) is 0. The smallest absolute Gasteiger partial charge is 0.348 e. The first kappa shape index (κ1) is 12.8. The summed E-state index contributed by atoms with van der Waals surface area (Å²) in [5, 5.41) is 12.4. The first-order chi connectivity index (χ1) is 9.65. The van der Waals surface area contributed by atoms with Gasteiger partial charge in [0.05, 0.1) is 5.69 Å². The highest BCUT2D eigenvalue weighted by atomic mass is 32.3. The molecule has 3 aromatic rings. The Morgan fingerprint density at radius 2 is 2.10 bits per heavy atom. The average Bonchev–Trinajstić information content (AvgIpc) is 3.12. The van der Waals surface area contributed by atoms with Gasteiger partial charge in [0.1, 0.15) is 12.1 Å². The first-order valence-corrected chi connectivity index (χ1v) is 7.75. The van der Waals surface area contributed by atoms with E-state index in [1.807, 2.05) is 0 Å². The van der Waals surface area contributed by atoms with E-state index in [0.717, 1.165) is 11.3 Å². The maximum atomic E-state index is 12.0. The Labute approximate surface area is 118 Å². The molecule has 0 spiro atoms. The van der Waals surface area contributed by atoms with E-state index in [1.54, 1.807) is 35.7 Å². The van der Waals surface area contributed by atoms with E-state index in [-0.39, 0.29) is 9.96 Å². The lowest BCUT2D eigenvalue weighted by molar-refractivity contribution is 0.488. The number of rotatable bonds is 4. The van der Waals surface area contributed by atoms with Crippen LogP contribution in [0.4, 0.5) is 0 Å². The summed E-state index contributed by atoms with van der Waals surface area (Å²) in [4.78, 5) is 0. The van der Waals surface area contributed by atoms with Crippen LogP contribution in [-0.2, 0) is 10.1 Å². The van der Waals surface area contributed by atoms with Crippen LogP contribution in [0, 0.1) is 0 Å². The summed E-state index contributed by atoms with van der Waals surface area (Å²) in [5.41, 5.74) is 0.605. The zero-order chi connectivity index (χ0) is 14.0. The van der Waals surface area contributed by atoms with Crippen LogP contribution in [0.3, 0.4) is 0 Å². The van der Waals surface area contributed by atoms with E-state index in [2.05, 4.69) is 15.5 Å². The molecule has 9 heteroatoms. The molecule has 2 aromatic heterocycles. The van der Waals surface area contributed by atoms with E-state index >= 15 is 0 Å². The molecule has 0 saturated carbocycles. The highest BCUT2D eigenvalue weighted by Gasteiger charge is 2.17. The average molecular weight is 308 g/mol. The predicted octanol–water partition coefficient (Wildman–Crippen LogP) is 1.49. The summed E-state index contributed by atoms with van der Waals surface area (Å²) in [7, 11) is -3.80. The second-order valence-corrected chi connectivity index (χ2v) is 6.44. The summed E-state index contributed by atoms with van der Waals surface area (Å²) in [6, 6.07) is 9.64. The second kappa shape index (κ2) is 5.02. The maximum Gasteiger partial charge on any atom is 0.348 e. The molecule has 102 valence electrons. The van der Waals surface area contributed by atoms with Gasteiger partial charge in [-0.3, -0.25) is 0 Å². The molecule has 20 heavy (non-hydrogen) atoms. The van der Waals surface area contributed by atoms with Crippen LogP contribution in [0.1, 0.15) is 0 Å². The lowest BCUT2D eigenvalue weighted by Crippen LogP contribution is -2.08. The molecule has 2 heterocycles. The molecule has 0 bridgehead atoms. The number of aromatic nitrogens is 4. The van der Waals surface area contributed by atoms with E-state index in [4.69, 9.17) is 4.18 Å². The van der Waals surface area contributed by atoms with Crippen molar-refractivity contribution in [3.05, 3.63) is 48.1 Å². The van der Waals surface area contributed by atoms with Gasteiger partial charge in [0.2, 0.25) is 0 Å². The lowest BCUT2D eigenvalue weighted by atomic mass is 10.3. The lowest BCUT2D eigenvalue weighted by Gasteiger charge is -2.06.